The van der Waals surface area contributed by atoms with Crippen LogP contribution in [0.2, 0.25) is 0 Å². The molecule has 0 saturated heterocycles. The summed E-state index contributed by atoms with van der Waals surface area (Å²) in [5.74, 6) is 0. The number of benzene rings is 4. The average Bonchev–Trinajstić information content (AvgIpc) is 2.85. The Hall–Kier alpha value is -2.61. The summed E-state index contributed by atoms with van der Waals surface area (Å²) in [5.41, 5.74) is 6.30. The van der Waals surface area contributed by atoms with Gasteiger partial charge in [-0.3, -0.25) is 0 Å². The molecule has 174 valence electrons. The molecule has 0 aliphatic rings. The molecule has 2 atom stereocenters. The molecule has 0 aromatic heterocycles. The van der Waals surface area contributed by atoms with E-state index < -0.39 is 10.1 Å². The predicted octanol–water partition coefficient (Wildman–Crippen LogP) is 6.03. The third-order valence-electron chi connectivity index (χ3n) is 5.39. The summed E-state index contributed by atoms with van der Waals surface area (Å²) in [4.78, 5) is 0. The van der Waals surface area contributed by atoms with E-state index in [1.165, 1.54) is 33.1 Å². The van der Waals surface area contributed by atoms with E-state index in [4.69, 9.17) is 13.0 Å². The van der Waals surface area contributed by atoms with Crippen LogP contribution in [0.5, 0.6) is 0 Å². The minimum Gasteiger partial charge on any atom is -0.748 e. The Balaban J connectivity index is 0.000000588. The van der Waals surface area contributed by atoms with Crippen LogP contribution in [-0.4, -0.2) is 19.2 Å². The van der Waals surface area contributed by atoms with E-state index in [1.807, 2.05) is 9.24 Å². The van der Waals surface area contributed by atoms with E-state index in [0.29, 0.717) is 6.26 Å². The Morgan fingerprint density at radius 1 is 0.676 bits per heavy atom. The summed E-state index contributed by atoms with van der Waals surface area (Å²) in [7, 11) is 1.23. The smallest absolute Gasteiger partial charge is 0.148 e. The van der Waals surface area contributed by atoms with Crippen LogP contribution in [-0.2, 0) is 15.3 Å². The molecule has 0 spiro atoms. The number of rotatable bonds is 5. The molecule has 0 bridgehead atoms. The summed E-state index contributed by atoms with van der Waals surface area (Å²) < 4.78 is 27.2. The van der Waals surface area contributed by atoms with Crippen molar-refractivity contribution < 1.29 is 13.0 Å². The molecule has 0 N–H and O–H groups in total. The van der Waals surface area contributed by atoms with Gasteiger partial charge in [0.05, 0.1) is 10.1 Å². The first-order chi connectivity index (χ1) is 16.2. The fraction of sp³-hybridized carbons (Fsp3) is 0.0714. The highest BCUT2D eigenvalue weighted by Gasteiger charge is 2.38. The van der Waals surface area contributed by atoms with Crippen LogP contribution in [0.1, 0.15) is 22.3 Å². The molecule has 0 aliphatic heterocycles. The van der Waals surface area contributed by atoms with Crippen molar-refractivity contribution >= 4 is 34.2 Å². The maximum Gasteiger partial charge on any atom is 0.148 e. The van der Waals surface area contributed by atoms with Crippen molar-refractivity contribution in [2.75, 3.05) is 6.26 Å². The molecule has 0 heterocycles. The second-order valence-corrected chi connectivity index (χ2v) is 10.9. The highest BCUT2D eigenvalue weighted by atomic mass is 32.2. The molecule has 0 radical (unpaired) electrons. The minimum absolute atomic E-state index is 0.256. The number of hydrogen-bond donors (Lipinski definition) is 0. The van der Waals surface area contributed by atoms with E-state index in [2.05, 4.69) is 131 Å². The summed E-state index contributed by atoms with van der Waals surface area (Å²) in [6.07, 6.45) is 0.604. The van der Waals surface area contributed by atoms with Crippen LogP contribution in [0.25, 0.3) is 5.57 Å². The molecule has 4 rings (SSSR count). The lowest BCUT2D eigenvalue weighted by atomic mass is 9.84. The zero-order valence-corrected chi connectivity index (χ0v) is 22.3. The molecular weight excluding hydrogens is 478 g/mol. The van der Waals surface area contributed by atoms with Gasteiger partial charge in [0.2, 0.25) is 0 Å². The molecule has 34 heavy (non-hydrogen) atoms. The van der Waals surface area contributed by atoms with Crippen molar-refractivity contribution in [3.05, 3.63) is 149 Å². The predicted molar refractivity (Wildman–Crippen MR) is 149 cm³/mol. The van der Waals surface area contributed by atoms with Crippen molar-refractivity contribution in [2.45, 2.75) is 5.16 Å². The van der Waals surface area contributed by atoms with Crippen LogP contribution in [0.3, 0.4) is 0 Å². The summed E-state index contributed by atoms with van der Waals surface area (Å²) in [5, 5.41) is 1.01. The highest BCUT2D eigenvalue weighted by molar-refractivity contribution is 7.84. The van der Waals surface area contributed by atoms with Crippen molar-refractivity contribution in [3.8, 4) is 0 Å². The van der Waals surface area contributed by atoms with Gasteiger partial charge >= 0.3 is 0 Å². The van der Waals surface area contributed by atoms with Crippen LogP contribution in [0.15, 0.2) is 127 Å². The molecule has 4 aromatic rings. The standard InChI is InChI=1S/C27H24P2.CH4O3S/c28-26(25(21-13-5-1-6-14-21)22-15-7-2-8-16-22)27(29,23-17-9-3-10-18-23)24-19-11-4-12-20-24;1-5(2,3)4/h1-20H,28-29H2;1H3,(H,2,3,4). The third kappa shape index (κ3) is 6.72. The fourth-order valence-corrected chi connectivity index (χ4v) is 5.14. The van der Waals surface area contributed by atoms with Gasteiger partial charge in [-0.25, -0.2) is 8.42 Å². The largest absolute Gasteiger partial charge is 0.748 e. The van der Waals surface area contributed by atoms with E-state index in [1.54, 1.807) is 0 Å². The summed E-state index contributed by atoms with van der Waals surface area (Å²) >= 11 is 0. The van der Waals surface area contributed by atoms with E-state index in [0.717, 1.165) is 0 Å². The lowest BCUT2D eigenvalue weighted by Crippen LogP contribution is -2.21. The molecule has 4 aromatic carbocycles. The Labute approximate surface area is 207 Å². The monoisotopic (exact) mass is 506 g/mol. The van der Waals surface area contributed by atoms with Gasteiger partial charge in [-0.05, 0) is 25.9 Å². The number of hydrogen-bond acceptors (Lipinski definition) is 3. The summed E-state index contributed by atoms with van der Waals surface area (Å²) in [6, 6.07) is 43.0. The van der Waals surface area contributed by atoms with Gasteiger partial charge in [0, 0.05) is 22.7 Å². The maximum absolute atomic E-state index is 9.08. The lowest BCUT2D eigenvalue weighted by Gasteiger charge is -2.30. The van der Waals surface area contributed by atoms with Gasteiger partial charge in [-0.2, -0.15) is 0 Å². The fourth-order valence-electron chi connectivity index (χ4n) is 3.82. The highest BCUT2D eigenvalue weighted by Crippen LogP contribution is 2.51. The SMILES string of the molecule is CS(=O)(=O)[O-].PC(=C(c1ccccc1)c1ccccc1)C([PH3+])(c1ccccc1)c1ccccc1. The quantitative estimate of drug-likeness (QED) is 0.245. The molecule has 0 saturated carbocycles. The number of allylic oxidation sites excluding steroid dienone is 1. The van der Waals surface area contributed by atoms with Gasteiger partial charge in [-0.15, -0.1) is 9.24 Å². The lowest BCUT2D eigenvalue weighted by molar-refractivity contribution is 0.470. The van der Waals surface area contributed by atoms with Crippen LogP contribution < -0.4 is 0 Å². The van der Waals surface area contributed by atoms with E-state index >= 15 is 0 Å². The first kappa shape index (κ1) is 26.0. The van der Waals surface area contributed by atoms with Crippen LogP contribution >= 0.6 is 18.5 Å². The maximum atomic E-state index is 9.08. The Morgan fingerprint density at radius 2 is 0.941 bits per heavy atom. The first-order valence-corrected chi connectivity index (χ1v) is 13.8. The van der Waals surface area contributed by atoms with Crippen molar-refractivity contribution in [1.29, 1.82) is 0 Å². The van der Waals surface area contributed by atoms with Crippen LogP contribution in [0, 0.1) is 0 Å². The van der Waals surface area contributed by atoms with Gasteiger partial charge < -0.3 is 4.55 Å². The van der Waals surface area contributed by atoms with E-state index in [-0.39, 0.29) is 5.16 Å². The zero-order chi connectivity index (χ0) is 24.6. The molecule has 2 unspecified atom stereocenters. The van der Waals surface area contributed by atoms with E-state index in [9.17, 15) is 0 Å². The van der Waals surface area contributed by atoms with Gasteiger partial charge in [0.15, 0.2) is 0 Å². The van der Waals surface area contributed by atoms with Gasteiger partial charge in [-0.1, -0.05) is 121 Å². The summed E-state index contributed by atoms with van der Waals surface area (Å²) in [6.45, 7) is 0. The Kier molecular flexibility index (Phi) is 8.94. The Morgan fingerprint density at radius 3 is 1.24 bits per heavy atom. The van der Waals surface area contributed by atoms with Crippen molar-refractivity contribution in [2.24, 2.45) is 0 Å². The minimum atomic E-state index is -3.92. The van der Waals surface area contributed by atoms with Gasteiger partial charge in [0.1, 0.15) is 5.16 Å². The second-order valence-electron chi connectivity index (χ2n) is 7.86. The second kappa shape index (κ2) is 11.7. The van der Waals surface area contributed by atoms with Crippen molar-refractivity contribution in [1.82, 2.24) is 0 Å². The van der Waals surface area contributed by atoms with Crippen molar-refractivity contribution in [3.63, 3.8) is 0 Å². The zero-order valence-electron chi connectivity index (χ0n) is 19.0. The first-order valence-electron chi connectivity index (χ1n) is 10.7. The average molecular weight is 507 g/mol. The molecule has 0 aliphatic carbocycles. The molecule has 0 fully saturated rings. The molecule has 6 heteroatoms. The molecule has 0 amide bonds. The molecular formula is C28H28O3P2S. The normalized spacial score (nSPS) is 11.3. The Bertz CT molecular complexity index is 1230. The van der Waals surface area contributed by atoms with Gasteiger partial charge in [0.25, 0.3) is 0 Å². The third-order valence-corrected chi connectivity index (χ3v) is 7.77. The molecule has 3 nitrogen and oxygen atoms in total. The topological polar surface area (TPSA) is 57.2 Å². The van der Waals surface area contributed by atoms with Crippen LogP contribution in [0.4, 0.5) is 0 Å².